The van der Waals surface area contributed by atoms with Crippen molar-refractivity contribution in [3.05, 3.63) is 18.6 Å². The zero-order chi connectivity index (χ0) is 16.0. The molecule has 1 unspecified atom stereocenters. The van der Waals surface area contributed by atoms with Gasteiger partial charge in [0.1, 0.15) is 17.8 Å². The summed E-state index contributed by atoms with van der Waals surface area (Å²) in [6, 6.07) is 4.56. The summed E-state index contributed by atoms with van der Waals surface area (Å²) in [7, 11) is 2.11. The number of hydrogen-bond acceptors (Lipinski definition) is 5. The summed E-state index contributed by atoms with van der Waals surface area (Å²) in [5, 5.41) is 9.94. The highest BCUT2D eigenvalue weighted by Crippen LogP contribution is 2.55. The molecule has 3 heterocycles. The van der Waals surface area contributed by atoms with E-state index in [1.165, 1.54) is 12.8 Å². The Bertz CT molecular complexity index is 802. The van der Waals surface area contributed by atoms with Crippen LogP contribution < -0.4 is 4.90 Å². The van der Waals surface area contributed by atoms with Crippen LogP contribution in [-0.2, 0) is 0 Å². The number of anilines is 1. The van der Waals surface area contributed by atoms with Gasteiger partial charge in [-0.2, -0.15) is 5.26 Å². The minimum Gasteiger partial charge on any atom is -0.363 e. The second-order valence-electron chi connectivity index (χ2n) is 6.54. The number of likely N-dealkylation sites (N-methyl/N-ethyl adjacent to an activating group) is 1. The first-order valence-electron chi connectivity index (χ1n) is 7.80. The predicted molar refractivity (Wildman–Crippen MR) is 92.1 cm³/mol. The van der Waals surface area contributed by atoms with Crippen molar-refractivity contribution in [2.75, 3.05) is 25.0 Å². The first-order valence-corrected chi connectivity index (χ1v) is 8.21. The summed E-state index contributed by atoms with van der Waals surface area (Å²) in [5.41, 5.74) is 1.16. The second kappa shape index (κ2) is 5.17. The molecule has 7 heteroatoms. The van der Waals surface area contributed by atoms with Crippen LogP contribution in [0.5, 0.6) is 0 Å². The quantitative estimate of drug-likeness (QED) is 0.871. The molecular weight excluding hydrogens is 308 g/mol. The van der Waals surface area contributed by atoms with Gasteiger partial charge in [-0.1, -0.05) is 12.2 Å². The lowest BCUT2D eigenvalue weighted by Gasteiger charge is -2.30. The highest BCUT2D eigenvalue weighted by atomic mass is 32.1. The molecule has 118 valence electrons. The minimum absolute atomic E-state index is 0.293. The van der Waals surface area contributed by atoms with Gasteiger partial charge in [0.25, 0.3) is 0 Å². The Kier molecular flexibility index (Phi) is 3.23. The molecule has 0 amide bonds. The van der Waals surface area contributed by atoms with Crippen LogP contribution in [0.2, 0.25) is 0 Å². The molecule has 2 fully saturated rings. The lowest BCUT2D eigenvalue weighted by molar-refractivity contribution is 0.458. The van der Waals surface area contributed by atoms with Crippen LogP contribution in [0, 0.1) is 16.7 Å². The molecule has 1 aliphatic heterocycles. The van der Waals surface area contributed by atoms with E-state index in [1.807, 2.05) is 12.3 Å². The third kappa shape index (κ3) is 2.25. The van der Waals surface area contributed by atoms with Crippen LogP contribution in [0.1, 0.15) is 19.3 Å². The van der Waals surface area contributed by atoms with Gasteiger partial charge >= 0.3 is 0 Å². The molecule has 2 aliphatic rings. The fraction of sp³-hybridized carbons (Fsp3) is 0.500. The van der Waals surface area contributed by atoms with Gasteiger partial charge in [0.15, 0.2) is 0 Å². The smallest absolute Gasteiger partial charge is 0.142 e. The number of hydrogen-bond donors (Lipinski definition) is 1. The van der Waals surface area contributed by atoms with E-state index in [0.29, 0.717) is 17.9 Å². The molecule has 2 aromatic rings. The molecule has 0 radical (unpaired) electrons. The molecule has 1 spiro atoms. The van der Waals surface area contributed by atoms with Crippen molar-refractivity contribution in [2.24, 2.45) is 5.41 Å². The van der Waals surface area contributed by atoms with Crippen LogP contribution >= 0.6 is 12.2 Å². The van der Waals surface area contributed by atoms with Crippen LogP contribution in [0.15, 0.2) is 18.6 Å². The van der Waals surface area contributed by atoms with E-state index in [9.17, 15) is 0 Å². The highest BCUT2D eigenvalue weighted by Gasteiger charge is 2.57. The predicted octanol–water partition coefficient (Wildman–Crippen LogP) is 2.10. The lowest BCUT2D eigenvalue weighted by atomic mass is 9.99. The summed E-state index contributed by atoms with van der Waals surface area (Å²) in [5.74, 6) is 0.959. The summed E-state index contributed by atoms with van der Waals surface area (Å²) in [6.45, 7) is 1.83. The van der Waals surface area contributed by atoms with Crippen molar-refractivity contribution in [1.82, 2.24) is 19.9 Å². The van der Waals surface area contributed by atoms with Crippen molar-refractivity contribution in [2.45, 2.75) is 25.3 Å². The van der Waals surface area contributed by atoms with Gasteiger partial charge in [0, 0.05) is 31.7 Å². The van der Waals surface area contributed by atoms with Gasteiger partial charge in [-0.05, 0) is 18.9 Å². The molecule has 1 saturated carbocycles. The number of thiocarbonyl (C=S) groups is 1. The topological polar surface area (TPSA) is 71.8 Å². The SMILES string of the molecule is CN(c1ncnc2[nH]ccc12)C1CN(C(=S)CC#N)CC12CC2. The Morgan fingerprint density at radius 2 is 2.39 bits per heavy atom. The van der Waals surface area contributed by atoms with Crippen molar-refractivity contribution in [3.8, 4) is 6.07 Å². The van der Waals surface area contributed by atoms with Gasteiger partial charge in [0.05, 0.1) is 28.9 Å². The standard InChI is InChI=1S/C16H18N6S/c1-21(15-11-3-7-18-14(11)19-10-20-15)12-8-22(13(23)2-6-17)9-16(12)4-5-16/h3,7,10,12H,2,4-5,8-9H2,1H3,(H,18,19,20). The van der Waals surface area contributed by atoms with Gasteiger partial charge < -0.3 is 14.8 Å². The maximum absolute atomic E-state index is 8.90. The van der Waals surface area contributed by atoms with E-state index in [1.54, 1.807) is 6.33 Å². The maximum atomic E-state index is 8.90. The molecule has 2 aromatic heterocycles. The summed E-state index contributed by atoms with van der Waals surface area (Å²) in [6.07, 6.45) is 6.27. The zero-order valence-corrected chi connectivity index (χ0v) is 13.8. The van der Waals surface area contributed by atoms with Gasteiger partial charge in [-0.15, -0.1) is 0 Å². The number of aromatic nitrogens is 3. The van der Waals surface area contributed by atoms with E-state index < -0.39 is 0 Å². The average molecular weight is 326 g/mol. The number of aromatic amines is 1. The second-order valence-corrected chi connectivity index (χ2v) is 7.01. The third-order valence-electron chi connectivity index (χ3n) is 5.22. The van der Waals surface area contributed by atoms with Crippen molar-refractivity contribution >= 4 is 34.1 Å². The lowest BCUT2D eigenvalue weighted by Crippen LogP contribution is -2.40. The van der Waals surface area contributed by atoms with Crippen molar-refractivity contribution in [3.63, 3.8) is 0 Å². The number of nitriles is 1. The van der Waals surface area contributed by atoms with Crippen LogP contribution in [0.3, 0.4) is 0 Å². The molecule has 6 nitrogen and oxygen atoms in total. The van der Waals surface area contributed by atoms with E-state index in [4.69, 9.17) is 17.5 Å². The van der Waals surface area contributed by atoms with E-state index in [0.717, 1.165) is 34.9 Å². The summed E-state index contributed by atoms with van der Waals surface area (Å²) in [4.78, 5) is 17.2. The first kappa shape index (κ1) is 14.4. The largest absolute Gasteiger partial charge is 0.363 e. The molecule has 1 N–H and O–H groups in total. The third-order valence-corrected chi connectivity index (χ3v) is 5.62. The van der Waals surface area contributed by atoms with Crippen LogP contribution in [0.25, 0.3) is 11.0 Å². The van der Waals surface area contributed by atoms with Gasteiger partial charge in [-0.3, -0.25) is 0 Å². The number of likely N-dealkylation sites (tertiary alicyclic amines) is 1. The van der Waals surface area contributed by atoms with Crippen LogP contribution in [-0.4, -0.2) is 51.0 Å². The number of H-pyrrole nitrogens is 1. The molecule has 23 heavy (non-hydrogen) atoms. The molecule has 0 aromatic carbocycles. The average Bonchev–Trinajstić information content (AvgIpc) is 2.99. The molecule has 1 atom stereocenters. The Morgan fingerprint density at radius 1 is 1.57 bits per heavy atom. The first-order chi connectivity index (χ1) is 11.1. The van der Waals surface area contributed by atoms with E-state index >= 15 is 0 Å². The summed E-state index contributed by atoms with van der Waals surface area (Å²) >= 11 is 5.42. The Hall–Kier alpha value is -2.20. The molecule has 0 bridgehead atoms. The minimum atomic E-state index is 0.293. The van der Waals surface area contributed by atoms with E-state index in [2.05, 4.69) is 37.9 Å². The number of nitrogens with zero attached hydrogens (tertiary/aromatic N) is 5. The summed E-state index contributed by atoms with van der Waals surface area (Å²) < 4.78 is 0. The van der Waals surface area contributed by atoms with Gasteiger partial charge in [-0.25, -0.2) is 9.97 Å². The normalized spacial score (nSPS) is 21.6. The molecule has 1 saturated heterocycles. The monoisotopic (exact) mass is 326 g/mol. The number of nitrogens with one attached hydrogen (secondary N) is 1. The maximum Gasteiger partial charge on any atom is 0.142 e. The van der Waals surface area contributed by atoms with Gasteiger partial charge in [0.2, 0.25) is 0 Å². The van der Waals surface area contributed by atoms with Crippen molar-refractivity contribution < 1.29 is 0 Å². The van der Waals surface area contributed by atoms with Crippen LogP contribution in [0.4, 0.5) is 5.82 Å². The Balaban J connectivity index is 1.64. The zero-order valence-electron chi connectivity index (χ0n) is 13.0. The fourth-order valence-corrected chi connectivity index (χ4v) is 4.00. The van der Waals surface area contributed by atoms with Crippen molar-refractivity contribution in [1.29, 1.82) is 5.26 Å². The van der Waals surface area contributed by atoms with E-state index in [-0.39, 0.29) is 0 Å². The number of rotatable bonds is 3. The molecular formula is C16H18N6S. The highest BCUT2D eigenvalue weighted by molar-refractivity contribution is 7.80. The Morgan fingerprint density at radius 3 is 3.13 bits per heavy atom. The Labute approximate surface area is 140 Å². The fourth-order valence-electron chi connectivity index (χ4n) is 3.79. The number of fused-ring (bicyclic) bond motifs is 1. The molecule has 4 rings (SSSR count). The molecule has 1 aliphatic carbocycles.